The summed E-state index contributed by atoms with van der Waals surface area (Å²) >= 11 is 0. The molecule has 8 aromatic carbocycles. The van der Waals surface area contributed by atoms with Crippen molar-refractivity contribution in [3.05, 3.63) is 205 Å². The van der Waals surface area contributed by atoms with E-state index in [2.05, 4.69) is 157 Å². The van der Waals surface area contributed by atoms with Gasteiger partial charge in [0.05, 0.1) is 0 Å². The Morgan fingerprint density at radius 1 is 0.357 bits per heavy atom. The molecule has 5 heteroatoms. The second-order valence-corrected chi connectivity index (χ2v) is 14.2. The van der Waals surface area contributed by atoms with Crippen LogP contribution >= 0.6 is 0 Å². The molecule has 5 nitrogen and oxygen atoms in total. The highest BCUT2D eigenvalue weighted by atomic mass is 16.3. The minimum atomic E-state index is -0.475. The Kier molecular flexibility index (Phi) is 7.49. The lowest BCUT2D eigenvalue weighted by Crippen LogP contribution is -2.36. The van der Waals surface area contributed by atoms with Crippen LogP contribution in [0.5, 0.6) is 0 Å². The molecule has 2 aromatic heterocycles. The summed E-state index contributed by atoms with van der Waals surface area (Å²) in [4.78, 5) is 10.3. The Morgan fingerprint density at radius 2 is 0.857 bits per heavy atom. The smallest absolute Gasteiger partial charge is 0.169 e. The Bertz CT molecular complexity index is 3170. The van der Waals surface area contributed by atoms with Crippen molar-refractivity contribution in [3.63, 3.8) is 0 Å². The van der Waals surface area contributed by atoms with Gasteiger partial charge in [-0.25, -0.2) is 9.98 Å². The van der Waals surface area contributed by atoms with Crippen LogP contribution in [0.15, 0.2) is 207 Å². The highest BCUT2D eigenvalue weighted by Gasteiger charge is 2.23. The average Bonchev–Trinajstić information content (AvgIpc) is 3.85. The average molecular weight is 720 g/mol. The Hall–Kier alpha value is -7.50. The molecule has 0 aliphatic carbocycles. The highest BCUT2D eigenvalue weighted by molar-refractivity contribution is 6.16. The number of amidine groups is 2. The molecule has 1 unspecified atom stereocenters. The lowest BCUT2D eigenvalue weighted by Gasteiger charge is -2.22. The molecule has 0 amide bonds. The van der Waals surface area contributed by atoms with Crippen LogP contribution in [0.4, 0.5) is 0 Å². The van der Waals surface area contributed by atoms with Gasteiger partial charge in [-0.1, -0.05) is 164 Å². The van der Waals surface area contributed by atoms with Gasteiger partial charge in [-0.05, 0) is 46.5 Å². The van der Waals surface area contributed by atoms with Gasteiger partial charge in [0.15, 0.2) is 6.17 Å². The molecule has 0 radical (unpaired) electrons. The number of nitrogens with zero attached hydrogens (tertiary/aromatic N) is 2. The SMILES string of the molecule is c1ccc(C2=NC(c3ccc4c(c3)oc3c(-c5cccc(-c6cccc7c6oc6ccccc67)c5)cccc34)N=C(c3cccc(-c4ccccc4)c3)N2)cc1. The molecule has 0 saturated heterocycles. The number of fused-ring (bicyclic) bond motifs is 6. The molecule has 0 fully saturated rings. The van der Waals surface area contributed by atoms with Crippen molar-refractivity contribution in [3.8, 4) is 33.4 Å². The van der Waals surface area contributed by atoms with Gasteiger partial charge in [-0.15, -0.1) is 0 Å². The first-order valence-electron chi connectivity index (χ1n) is 18.8. The minimum absolute atomic E-state index is 0.475. The summed E-state index contributed by atoms with van der Waals surface area (Å²) in [6.45, 7) is 0. The van der Waals surface area contributed by atoms with Gasteiger partial charge in [0.1, 0.15) is 34.0 Å². The maximum atomic E-state index is 6.78. The van der Waals surface area contributed by atoms with Gasteiger partial charge < -0.3 is 14.2 Å². The molecular weight excluding hydrogens is 687 g/mol. The first kappa shape index (κ1) is 32.0. The lowest BCUT2D eigenvalue weighted by atomic mass is 9.96. The number of nitrogens with one attached hydrogen (secondary N) is 1. The standard InChI is InChI=1S/C51H33N3O2/c1-3-13-32(14-4-1)34-17-9-20-37(29-34)50-52-49(33-15-5-2-6-16-33)53-51(54-50)38-27-28-42-44-25-12-23-40(48(44)56-46(42)31-38)36-19-10-18-35(30-36)39-22-11-24-43-41-21-7-8-26-45(41)55-47(39)43/h1-31,51H,(H,52,53,54). The second-order valence-electron chi connectivity index (χ2n) is 14.2. The quantitative estimate of drug-likeness (QED) is 0.186. The van der Waals surface area contributed by atoms with E-state index in [0.29, 0.717) is 0 Å². The monoisotopic (exact) mass is 719 g/mol. The Balaban J connectivity index is 0.996. The summed E-state index contributed by atoms with van der Waals surface area (Å²) in [7, 11) is 0. The fourth-order valence-corrected chi connectivity index (χ4v) is 8.00. The van der Waals surface area contributed by atoms with Crippen molar-refractivity contribution in [1.82, 2.24) is 5.32 Å². The molecule has 11 rings (SSSR count). The van der Waals surface area contributed by atoms with Gasteiger partial charge in [0.2, 0.25) is 0 Å². The second kappa shape index (κ2) is 13.1. The van der Waals surface area contributed by atoms with Crippen LogP contribution in [0.3, 0.4) is 0 Å². The third-order valence-corrected chi connectivity index (χ3v) is 10.7. The summed E-state index contributed by atoms with van der Waals surface area (Å²) in [5.74, 6) is 1.54. The first-order chi connectivity index (χ1) is 27.7. The zero-order valence-corrected chi connectivity index (χ0v) is 30.2. The molecule has 264 valence electrons. The zero-order chi connectivity index (χ0) is 37.0. The zero-order valence-electron chi connectivity index (χ0n) is 30.2. The molecular formula is C51H33N3O2. The third-order valence-electron chi connectivity index (χ3n) is 10.7. The summed E-state index contributed by atoms with van der Waals surface area (Å²) in [6, 6.07) is 65.1. The first-order valence-corrected chi connectivity index (χ1v) is 18.8. The van der Waals surface area contributed by atoms with E-state index >= 15 is 0 Å². The number of furan rings is 2. The van der Waals surface area contributed by atoms with E-state index in [1.807, 2.05) is 36.4 Å². The predicted molar refractivity (Wildman–Crippen MR) is 229 cm³/mol. The van der Waals surface area contributed by atoms with Crippen LogP contribution in [-0.2, 0) is 0 Å². The van der Waals surface area contributed by atoms with Crippen molar-refractivity contribution < 1.29 is 8.83 Å². The molecule has 1 N–H and O–H groups in total. The van der Waals surface area contributed by atoms with Crippen LogP contribution in [0.25, 0.3) is 77.3 Å². The molecule has 56 heavy (non-hydrogen) atoms. The highest BCUT2D eigenvalue weighted by Crippen LogP contribution is 2.40. The maximum absolute atomic E-state index is 6.78. The maximum Gasteiger partial charge on any atom is 0.169 e. The van der Waals surface area contributed by atoms with Crippen LogP contribution < -0.4 is 5.32 Å². The molecule has 0 bridgehead atoms. The topological polar surface area (TPSA) is 63.0 Å². The minimum Gasteiger partial charge on any atom is -0.455 e. The Labute approximate surface area is 322 Å². The van der Waals surface area contributed by atoms with E-state index in [9.17, 15) is 0 Å². The summed E-state index contributed by atoms with van der Waals surface area (Å²) in [5.41, 5.74) is 12.9. The van der Waals surface area contributed by atoms with Crippen molar-refractivity contribution in [2.75, 3.05) is 0 Å². The van der Waals surface area contributed by atoms with Crippen LogP contribution in [-0.4, -0.2) is 11.7 Å². The number of hydrogen-bond acceptors (Lipinski definition) is 5. The van der Waals surface area contributed by atoms with Crippen LogP contribution in [0.1, 0.15) is 22.9 Å². The largest absolute Gasteiger partial charge is 0.455 e. The number of benzene rings is 8. The van der Waals surface area contributed by atoms with Gasteiger partial charge in [-0.3, -0.25) is 0 Å². The van der Waals surface area contributed by atoms with E-state index in [-0.39, 0.29) is 0 Å². The molecule has 1 aliphatic heterocycles. The van der Waals surface area contributed by atoms with Crippen LogP contribution in [0.2, 0.25) is 0 Å². The summed E-state index contributed by atoms with van der Waals surface area (Å²) in [6.07, 6.45) is -0.475. The molecule has 3 heterocycles. The molecule has 10 aromatic rings. The van der Waals surface area contributed by atoms with E-state index in [1.165, 1.54) is 0 Å². The van der Waals surface area contributed by atoms with Gasteiger partial charge in [0.25, 0.3) is 0 Å². The Morgan fingerprint density at radius 3 is 1.57 bits per heavy atom. The van der Waals surface area contributed by atoms with E-state index in [4.69, 9.17) is 18.8 Å². The number of para-hydroxylation sites is 3. The number of rotatable bonds is 6. The fraction of sp³-hybridized carbons (Fsp3) is 0.0196. The molecule has 1 aliphatic rings. The molecule has 1 atom stereocenters. The van der Waals surface area contributed by atoms with Gasteiger partial charge >= 0.3 is 0 Å². The molecule has 0 spiro atoms. The summed E-state index contributed by atoms with van der Waals surface area (Å²) in [5, 5.41) is 7.91. The van der Waals surface area contributed by atoms with Crippen molar-refractivity contribution in [1.29, 1.82) is 0 Å². The van der Waals surface area contributed by atoms with E-state index in [0.717, 1.165) is 106 Å². The van der Waals surface area contributed by atoms with E-state index in [1.54, 1.807) is 0 Å². The van der Waals surface area contributed by atoms with E-state index < -0.39 is 6.17 Å². The van der Waals surface area contributed by atoms with Gasteiger partial charge in [-0.2, -0.15) is 0 Å². The van der Waals surface area contributed by atoms with Crippen LogP contribution in [0, 0.1) is 0 Å². The normalized spacial score (nSPS) is 14.2. The lowest BCUT2D eigenvalue weighted by molar-refractivity contribution is 0.666. The summed E-state index contributed by atoms with van der Waals surface area (Å²) < 4.78 is 13.2. The number of hydrogen-bond donors (Lipinski definition) is 1. The van der Waals surface area contributed by atoms with Crippen molar-refractivity contribution in [2.24, 2.45) is 9.98 Å². The van der Waals surface area contributed by atoms with Gasteiger partial charge in [0, 0.05) is 49.4 Å². The predicted octanol–water partition coefficient (Wildman–Crippen LogP) is 13.0. The number of aliphatic imine (C=N–C) groups is 2. The van der Waals surface area contributed by atoms with Crippen molar-refractivity contribution in [2.45, 2.75) is 6.17 Å². The molecule has 0 saturated carbocycles. The van der Waals surface area contributed by atoms with Crippen molar-refractivity contribution >= 4 is 55.5 Å². The third kappa shape index (κ3) is 5.48. The fourth-order valence-electron chi connectivity index (χ4n) is 8.00.